The molecule has 1 aromatic rings. The zero-order chi connectivity index (χ0) is 13.0. The molecule has 1 amide bonds. The number of rotatable bonds is 3. The summed E-state index contributed by atoms with van der Waals surface area (Å²) in [6.45, 7) is 0.675. The molecular formula is C13H14ClNO3. The van der Waals surface area contributed by atoms with Gasteiger partial charge in [0, 0.05) is 6.54 Å². The van der Waals surface area contributed by atoms with Crippen molar-refractivity contribution in [2.45, 2.75) is 25.4 Å². The molecule has 1 aliphatic rings. The average molecular weight is 268 g/mol. The monoisotopic (exact) mass is 267 g/mol. The van der Waals surface area contributed by atoms with Crippen LogP contribution in [0.25, 0.3) is 0 Å². The topological polar surface area (TPSA) is 55.4 Å². The lowest BCUT2D eigenvalue weighted by molar-refractivity contribution is -0.127. The van der Waals surface area contributed by atoms with E-state index < -0.39 is 6.10 Å². The highest BCUT2D eigenvalue weighted by molar-refractivity contribution is 6.33. The summed E-state index contributed by atoms with van der Waals surface area (Å²) < 4.78 is 5.62. The molecule has 0 radical (unpaired) electrons. The highest BCUT2D eigenvalue weighted by atomic mass is 35.5. The van der Waals surface area contributed by atoms with Gasteiger partial charge in [0.1, 0.15) is 5.75 Å². The van der Waals surface area contributed by atoms with Gasteiger partial charge in [0.15, 0.2) is 12.4 Å². The summed E-state index contributed by atoms with van der Waals surface area (Å²) in [5.74, 6) is 0.226. The maximum absolute atomic E-state index is 11.7. The van der Waals surface area contributed by atoms with E-state index in [-0.39, 0.29) is 11.5 Å². The van der Waals surface area contributed by atoms with Crippen molar-refractivity contribution in [1.29, 1.82) is 0 Å². The number of ether oxygens (including phenoxy) is 1. The van der Waals surface area contributed by atoms with Crippen molar-refractivity contribution >= 4 is 23.8 Å². The lowest BCUT2D eigenvalue weighted by Crippen LogP contribution is -2.36. The first-order valence-electron chi connectivity index (χ1n) is 5.90. The van der Waals surface area contributed by atoms with Crippen LogP contribution in [0.3, 0.4) is 0 Å². The Balaban J connectivity index is 2.20. The number of carbonyl (C=O) groups is 2. The van der Waals surface area contributed by atoms with Crippen LogP contribution in [0.1, 0.15) is 29.6 Å². The van der Waals surface area contributed by atoms with Crippen molar-refractivity contribution < 1.29 is 14.3 Å². The van der Waals surface area contributed by atoms with Crippen molar-refractivity contribution in [2.24, 2.45) is 0 Å². The summed E-state index contributed by atoms with van der Waals surface area (Å²) in [4.78, 5) is 22.7. The third kappa shape index (κ3) is 2.82. The van der Waals surface area contributed by atoms with E-state index in [2.05, 4.69) is 5.32 Å². The fourth-order valence-electron chi connectivity index (χ4n) is 1.91. The molecule has 1 aromatic carbocycles. The average Bonchev–Trinajstić information content (AvgIpc) is 2.55. The summed E-state index contributed by atoms with van der Waals surface area (Å²) in [7, 11) is 0. The molecule has 18 heavy (non-hydrogen) atoms. The van der Waals surface area contributed by atoms with Crippen LogP contribution < -0.4 is 10.1 Å². The zero-order valence-corrected chi connectivity index (χ0v) is 10.6. The van der Waals surface area contributed by atoms with Gasteiger partial charge in [-0.2, -0.15) is 0 Å². The van der Waals surface area contributed by atoms with Crippen LogP contribution >= 0.6 is 11.6 Å². The third-order valence-corrected chi connectivity index (χ3v) is 3.21. The Morgan fingerprint density at radius 1 is 1.39 bits per heavy atom. The summed E-state index contributed by atoms with van der Waals surface area (Å²) >= 11 is 5.90. The van der Waals surface area contributed by atoms with E-state index in [9.17, 15) is 9.59 Å². The van der Waals surface area contributed by atoms with Gasteiger partial charge >= 0.3 is 0 Å². The first kappa shape index (κ1) is 12.9. The number of aldehydes is 1. The van der Waals surface area contributed by atoms with E-state index in [4.69, 9.17) is 16.3 Å². The molecule has 0 saturated carbocycles. The molecular weight excluding hydrogens is 254 g/mol. The second kappa shape index (κ2) is 5.87. The van der Waals surface area contributed by atoms with Crippen LogP contribution in [0.5, 0.6) is 5.75 Å². The predicted molar refractivity (Wildman–Crippen MR) is 68.1 cm³/mol. The second-order valence-corrected chi connectivity index (χ2v) is 4.57. The van der Waals surface area contributed by atoms with Crippen LogP contribution in [-0.2, 0) is 4.79 Å². The van der Waals surface area contributed by atoms with Crippen LogP contribution in [-0.4, -0.2) is 24.8 Å². The Morgan fingerprint density at radius 2 is 2.22 bits per heavy atom. The van der Waals surface area contributed by atoms with Gasteiger partial charge < -0.3 is 10.1 Å². The van der Waals surface area contributed by atoms with E-state index in [1.165, 1.54) is 0 Å². The number of nitrogens with one attached hydrogen (secondary N) is 1. The molecule has 0 aromatic heterocycles. The number of halogens is 1. The molecule has 1 atom stereocenters. The van der Waals surface area contributed by atoms with Gasteiger partial charge in [-0.05, 0) is 31.4 Å². The Morgan fingerprint density at radius 3 is 3.00 bits per heavy atom. The van der Waals surface area contributed by atoms with Crippen LogP contribution in [0.4, 0.5) is 0 Å². The molecule has 1 N–H and O–H groups in total. The number of benzene rings is 1. The molecule has 1 aliphatic heterocycles. The standard InChI is InChI=1S/C13H14ClNO3/c14-10-4-3-6-11(9(10)8-16)18-12-5-1-2-7-15-13(12)17/h3-4,6,8,12H,1-2,5,7H2,(H,15,17). The molecule has 1 fully saturated rings. The smallest absolute Gasteiger partial charge is 0.261 e. The molecule has 2 rings (SSSR count). The summed E-state index contributed by atoms with van der Waals surface area (Å²) in [6, 6.07) is 4.96. The number of hydrogen-bond acceptors (Lipinski definition) is 3. The highest BCUT2D eigenvalue weighted by Gasteiger charge is 2.23. The lowest BCUT2D eigenvalue weighted by Gasteiger charge is -2.17. The summed E-state index contributed by atoms with van der Waals surface area (Å²) in [5.41, 5.74) is 0.288. The SMILES string of the molecule is O=Cc1c(Cl)cccc1OC1CCCCNC1=O. The lowest BCUT2D eigenvalue weighted by atomic mass is 10.1. The molecule has 96 valence electrons. The van der Waals surface area contributed by atoms with Crippen LogP contribution in [0.15, 0.2) is 18.2 Å². The van der Waals surface area contributed by atoms with E-state index in [1.807, 2.05) is 0 Å². The first-order chi connectivity index (χ1) is 8.72. The van der Waals surface area contributed by atoms with Crippen molar-refractivity contribution in [1.82, 2.24) is 5.32 Å². The predicted octanol–water partition coefficient (Wildman–Crippen LogP) is 2.20. The van der Waals surface area contributed by atoms with E-state index >= 15 is 0 Å². The van der Waals surface area contributed by atoms with Gasteiger partial charge in [-0.15, -0.1) is 0 Å². The second-order valence-electron chi connectivity index (χ2n) is 4.16. The fraction of sp³-hybridized carbons (Fsp3) is 0.385. The number of hydrogen-bond donors (Lipinski definition) is 1. The molecule has 1 heterocycles. The molecule has 0 aliphatic carbocycles. The minimum atomic E-state index is -0.551. The molecule has 1 unspecified atom stereocenters. The van der Waals surface area contributed by atoms with Gasteiger partial charge in [0.05, 0.1) is 10.6 Å². The van der Waals surface area contributed by atoms with Crippen molar-refractivity contribution in [3.05, 3.63) is 28.8 Å². The van der Waals surface area contributed by atoms with Gasteiger partial charge in [-0.25, -0.2) is 0 Å². The number of carbonyl (C=O) groups excluding carboxylic acids is 2. The Bertz CT molecular complexity index is 462. The summed E-state index contributed by atoms with van der Waals surface area (Å²) in [5, 5.41) is 3.11. The zero-order valence-electron chi connectivity index (χ0n) is 9.82. The largest absolute Gasteiger partial charge is 0.480 e. The highest BCUT2D eigenvalue weighted by Crippen LogP contribution is 2.26. The maximum atomic E-state index is 11.7. The van der Waals surface area contributed by atoms with Gasteiger partial charge in [0.25, 0.3) is 5.91 Å². The van der Waals surface area contributed by atoms with E-state index in [1.54, 1.807) is 18.2 Å². The molecule has 4 nitrogen and oxygen atoms in total. The summed E-state index contributed by atoms with van der Waals surface area (Å²) in [6.07, 6.45) is 2.61. The number of amides is 1. The van der Waals surface area contributed by atoms with E-state index in [0.717, 1.165) is 12.8 Å². The van der Waals surface area contributed by atoms with Crippen molar-refractivity contribution in [2.75, 3.05) is 6.54 Å². The first-order valence-corrected chi connectivity index (χ1v) is 6.28. The van der Waals surface area contributed by atoms with Crippen molar-refractivity contribution in [3.63, 3.8) is 0 Å². The van der Waals surface area contributed by atoms with Crippen LogP contribution in [0.2, 0.25) is 5.02 Å². The Hall–Kier alpha value is -1.55. The van der Waals surface area contributed by atoms with Gasteiger partial charge in [-0.3, -0.25) is 9.59 Å². The minimum absolute atomic E-state index is 0.135. The van der Waals surface area contributed by atoms with E-state index in [0.29, 0.717) is 30.0 Å². The Labute approximate surface area is 110 Å². The maximum Gasteiger partial charge on any atom is 0.261 e. The Kier molecular flexibility index (Phi) is 4.20. The van der Waals surface area contributed by atoms with Gasteiger partial charge in [0.2, 0.25) is 0 Å². The molecule has 5 heteroatoms. The van der Waals surface area contributed by atoms with Crippen LogP contribution in [0, 0.1) is 0 Å². The molecule has 1 saturated heterocycles. The normalized spacial score (nSPS) is 19.8. The minimum Gasteiger partial charge on any atom is -0.480 e. The third-order valence-electron chi connectivity index (χ3n) is 2.88. The van der Waals surface area contributed by atoms with Crippen molar-refractivity contribution in [3.8, 4) is 5.75 Å². The molecule has 0 bridgehead atoms. The quantitative estimate of drug-likeness (QED) is 0.854. The van der Waals surface area contributed by atoms with Gasteiger partial charge in [-0.1, -0.05) is 17.7 Å². The fourth-order valence-corrected chi connectivity index (χ4v) is 2.12. The molecule has 0 spiro atoms.